The lowest BCUT2D eigenvalue weighted by Crippen LogP contribution is -2.43. The maximum absolute atomic E-state index is 13.6. The quantitative estimate of drug-likeness (QED) is 0.390. The Morgan fingerprint density at radius 3 is 2.70 bits per heavy atom. The average molecular weight is 502 g/mol. The number of aliphatic hydroxyl groups excluding tert-OH is 1. The smallest absolute Gasteiger partial charge is 0.279 e. The number of allylic oxidation sites excluding steroid dienone is 2. The van der Waals surface area contributed by atoms with Crippen molar-refractivity contribution in [2.45, 2.75) is 47.0 Å². The third-order valence-corrected chi connectivity index (χ3v) is 9.27. The number of benzene rings is 2. The third-order valence-electron chi connectivity index (χ3n) is 7.88. The zero-order chi connectivity index (χ0) is 23.7. The topological polar surface area (TPSA) is 59.4 Å². The minimum absolute atomic E-state index is 0.0285. The lowest BCUT2D eigenvalue weighted by Gasteiger charge is -2.45. The highest BCUT2D eigenvalue weighted by Crippen LogP contribution is 2.64. The monoisotopic (exact) mass is 501 g/mol. The van der Waals surface area contributed by atoms with E-state index in [2.05, 4.69) is 25.8 Å². The van der Waals surface area contributed by atoms with Crippen LogP contribution in [-0.4, -0.2) is 15.9 Å². The molecule has 2 bridgehead atoms. The summed E-state index contributed by atoms with van der Waals surface area (Å²) in [7, 11) is 0. The van der Waals surface area contributed by atoms with Gasteiger partial charge in [-0.2, -0.15) is 0 Å². The van der Waals surface area contributed by atoms with E-state index in [-0.39, 0.29) is 22.9 Å². The van der Waals surface area contributed by atoms with E-state index in [1.54, 1.807) is 12.1 Å². The average Bonchev–Trinajstić information content (AvgIpc) is 3.22. The molecule has 33 heavy (non-hydrogen) atoms. The summed E-state index contributed by atoms with van der Waals surface area (Å²) in [6.07, 6.45) is 2.33. The van der Waals surface area contributed by atoms with Gasteiger partial charge in [0.25, 0.3) is 5.19 Å². The first kappa shape index (κ1) is 22.7. The Morgan fingerprint density at radius 2 is 1.97 bits per heavy atom. The van der Waals surface area contributed by atoms with Crippen LogP contribution in [0.5, 0.6) is 10.9 Å². The van der Waals surface area contributed by atoms with Crippen molar-refractivity contribution in [3.05, 3.63) is 57.3 Å². The number of aryl methyl sites for hydroxylation is 1. The van der Waals surface area contributed by atoms with E-state index in [1.165, 1.54) is 11.3 Å². The van der Waals surface area contributed by atoms with Crippen LogP contribution in [0.15, 0.2) is 36.1 Å². The number of hydrogen-bond acceptors (Lipinski definition) is 5. The molecule has 3 aromatic rings. The van der Waals surface area contributed by atoms with Crippen LogP contribution in [0.3, 0.4) is 0 Å². The summed E-state index contributed by atoms with van der Waals surface area (Å²) in [6.45, 7) is 8.32. The summed E-state index contributed by atoms with van der Waals surface area (Å²) < 4.78 is 6.92. The number of fused-ring (bicyclic) bond motifs is 3. The lowest BCUT2D eigenvalue weighted by atomic mass is 9.58. The van der Waals surface area contributed by atoms with E-state index in [0.29, 0.717) is 32.1 Å². The van der Waals surface area contributed by atoms with Gasteiger partial charge in [0.2, 0.25) is 0 Å². The Hall–Kier alpha value is -2.08. The van der Waals surface area contributed by atoms with Crippen LogP contribution in [0, 0.1) is 16.7 Å². The van der Waals surface area contributed by atoms with Crippen LogP contribution < -0.4 is 4.74 Å². The standard InChI is InChI=1S/C26H25Cl2NO3S/c1-5-13-6-7-15(32-24-29-21-18(28)10-14(27)11-19(21)33-24)12-16(13)20-22(30)17-8-9-26(4,23(20)31)25(17,2)3/h6-7,10-12,17,31H,5,8-9H2,1-4H3/t17-,26+/m0/s1. The molecule has 172 valence electrons. The number of hydrogen-bond donors (Lipinski definition) is 1. The van der Waals surface area contributed by atoms with Gasteiger partial charge in [-0.05, 0) is 60.1 Å². The molecule has 2 aliphatic carbocycles. The molecule has 0 amide bonds. The molecule has 2 atom stereocenters. The van der Waals surface area contributed by atoms with Crippen molar-refractivity contribution in [1.82, 2.24) is 4.98 Å². The fourth-order valence-electron chi connectivity index (χ4n) is 5.45. The van der Waals surface area contributed by atoms with Gasteiger partial charge in [-0.15, -0.1) is 0 Å². The molecule has 5 rings (SSSR count). The molecule has 0 spiro atoms. The van der Waals surface area contributed by atoms with Gasteiger partial charge >= 0.3 is 0 Å². The second-order valence-electron chi connectivity index (χ2n) is 9.72. The second-order valence-corrected chi connectivity index (χ2v) is 11.6. The summed E-state index contributed by atoms with van der Waals surface area (Å²) >= 11 is 13.7. The van der Waals surface area contributed by atoms with E-state index < -0.39 is 5.41 Å². The van der Waals surface area contributed by atoms with Crippen LogP contribution in [0.2, 0.25) is 10.0 Å². The highest BCUT2D eigenvalue weighted by molar-refractivity contribution is 7.20. The van der Waals surface area contributed by atoms with Gasteiger partial charge in [-0.3, -0.25) is 4.79 Å². The van der Waals surface area contributed by atoms with Crippen LogP contribution in [0.4, 0.5) is 0 Å². The first-order chi connectivity index (χ1) is 15.6. The van der Waals surface area contributed by atoms with Crippen molar-refractivity contribution in [3.63, 3.8) is 0 Å². The van der Waals surface area contributed by atoms with Crippen LogP contribution >= 0.6 is 34.5 Å². The van der Waals surface area contributed by atoms with Crippen LogP contribution in [-0.2, 0) is 11.2 Å². The van der Waals surface area contributed by atoms with Crippen LogP contribution in [0.1, 0.15) is 51.7 Å². The number of ether oxygens (including phenoxy) is 1. The molecule has 0 saturated heterocycles. The van der Waals surface area contributed by atoms with E-state index >= 15 is 0 Å². The molecule has 7 heteroatoms. The van der Waals surface area contributed by atoms with Crippen molar-refractivity contribution >= 4 is 56.1 Å². The van der Waals surface area contributed by atoms with Gasteiger partial charge in [-0.1, -0.05) is 68.3 Å². The van der Waals surface area contributed by atoms with E-state index in [9.17, 15) is 9.90 Å². The van der Waals surface area contributed by atoms with Gasteiger partial charge in [-0.25, -0.2) is 4.98 Å². The fraction of sp³-hybridized carbons (Fsp3) is 0.385. The summed E-state index contributed by atoms with van der Waals surface area (Å²) in [4.78, 5) is 18.1. The van der Waals surface area contributed by atoms with Crippen LogP contribution in [0.25, 0.3) is 15.8 Å². The molecule has 0 unspecified atom stereocenters. The van der Waals surface area contributed by atoms with Gasteiger partial charge in [0, 0.05) is 16.4 Å². The number of halogens is 2. The normalized spacial score (nSPS) is 24.1. The number of thiazole rings is 1. The number of aliphatic hydroxyl groups is 1. The highest BCUT2D eigenvalue weighted by atomic mass is 35.5. The Morgan fingerprint density at radius 1 is 1.21 bits per heavy atom. The van der Waals surface area contributed by atoms with E-state index in [4.69, 9.17) is 27.9 Å². The summed E-state index contributed by atoms with van der Waals surface area (Å²) in [6, 6.07) is 9.14. The molecule has 0 aliphatic heterocycles. The highest BCUT2D eigenvalue weighted by Gasteiger charge is 2.61. The first-order valence-corrected chi connectivity index (χ1v) is 12.7. The molecule has 2 aliphatic rings. The number of carbonyl (C=O) groups excluding carboxylic acids is 1. The number of carbonyl (C=O) groups is 1. The minimum atomic E-state index is -0.425. The molecule has 1 saturated carbocycles. The lowest BCUT2D eigenvalue weighted by molar-refractivity contribution is -0.122. The van der Waals surface area contributed by atoms with Gasteiger partial charge in [0.1, 0.15) is 17.0 Å². The molecule has 4 nitrogen and oxygen atoms in total. The van der Waals surface area contributed by atoms with Gasteiger partial charge in [0.05, 0.1) is 15.3 Å². The zero-order valence-electron chi connectivity index (χ0n) is 19.0. The predicted molar refractivity (Wildman–Crippen MR) is 135 cm³/mol. The molecule has 1 N–H and O–H groups in total. The molecule has 1 aromatic heterocycles. The molecule has 1 fully saturated rings. The largest absolute Gasteiger partial charge is 0.511 e. The number of ketones is 1. The van der Waals surface area contributed by atoms with E-state index in [0.717, 1.165) is 35.1 Å². The first-order valence-electron chi connectivity index (χ1n) is 11.1. The second kappa shape index (κ2) is 7.72. The maximum atomic E-state index is 13.6. The van der Waals surface area contributed by atoms with Gasteiger partial charge in [0.15, 0.2) is 5.78 Å². The van der Waals surface area contributed by atoms with Crippen molar-refractivity contribution < 1.29 is 14.6 Å². The number of Topliss-reactive ketones (excluding diaryl/α,β-unsaturated/α-hetero) is 1. The molecular weight excluding hydrogens is 477 g/mol. The number of rotatable bonds is 4. The molecular formula is C26H25Cl2NO3S. The Labute approximate surface area is 207 Å². The van der Waals surface area contributed by atoms with Crippen molar-refractivity contribution in [2.24, 2.45) is 16.7 Å². The van der Waals surface area contributed by atoms with Crippen molar-refractivity contribution in [2.75, 3.05) is 0 Å². The molecule has 0 radical (unpaired) electrons. The molecule has 1 heterocycles. The number of nitrogens with zero attached hydrogens (tertiary/aromatic N) is 1. The minimum Gasteiger partial charge on any atom is -0.511 e. The number of aromatic nitrogens is 1. The Bertz CT molecular complexity index is 1340. The van der Waals surface area contributed by atoms with E-state index in [1.807, 2.05) is 25.1 Å². The Kier molecular flexibility index (Phi) is 5.31. The zero-order valence-corrected chi connectivity index (χ0v) is 21.3. The molecule has 2 aromatic carbocycles. The van der Waals surface area contributed by atoms with Crippen molar-refractivity contribution in [3.8, 4) is 10.9 Å². The third kappa shape index (κ3) is 3.31. The predicted octanol–water partition coefficient (Wildman–Crippen LogP) is 8.25. The SMILES string of the molecule is CCc1ccc(Oc2nc3c(Cl)cc(Cl)cc3s2)cc1C1=C(O)[C@@]2(C)CC[C@@H](C1=O)C2(C)C. The summed E-state index contributed by atoms with van der Waals surface area (Å²) in [5.74, 6) is 0.693. The Balaban J connectivity index is 1.59. The summed E-state index contributed by atoms with van der Waals surface area (Å²) in [5.41, 5.74) is 2.13. The van der Waals surface area contributed by atoms with Crippen molar-refractivity contribution in [1.29, 1.82) is 0 Å². The maximum Gasteiger partial charge on any atom is 0.279 e. The van der Waals surface area contributed by atoms with Gasteiger partial charge < -0.3 is 9.84 Å². The summed E-state index contributed by atoms with van der Waals surface area (Å²) in [5, 5.41) is 12.9. The fourth-order valence-corrected chi connectivity index (χ4v) is 7.01.